The van der Waals surface area contributed by atoms with Crippen molar-refractivity contribution in [2.24, 2.45) is 19.1 Å². The molecule has 3 aromatic heterocycles. The van der Waals surface area contributed by atoms with Crippen LogP contribution in [0.25, 0.3) is 16.6 Å². The maximum Gasteiger partial charge on any atom is 0.267 e. The molecule has 0 aliphatic rings. The fourth-order valence-electron chi connectivity index (χ4n) is 4.44. The van der Waals surface area contributed by atoms with Crippen molar-refractivity contribution in [1.82, 2.24) is 34.2 Å². The van der Waals surface area contributed by atoms with Crippen LogP contribution in [0.15, 0.2) is 83.5 Å². The van der Waals surface area contributed by atoms with Crippen molar-refractivity contribution in [3.63, 3.8) is 0 Å². The lowest BCUT2D eigenvalue weighted by Crippen LogP contribution is -2.33. The summed E-state index contributed by atoms with van der Waals surface area (Å²) in [4.78, 5) is 40.9. The number of nitrogens with one attached hydrogen (secondary N) is 1. The number of benzene rings is 2. The summed E-state index contributed by atoms with van der Waals surface area (Å²) in [7, 11) is 3.50. The molecule has 0 spiro atoms. The van der Waals surface area contributed by atoms with Crippen LogP contribution >= 0.6 is 0 Å². The van der Waals surface area contributed by atoms with E-state index in [1.54, 1.807) is 61.4 Å². The van der Waals surface area contributed by atoms with E-state index in [1.165, 1.54) is 21.5 Å². The van der Waals surface area contributed by atoms with Crippen LogP contribution in [0.3, 0.4) is 0 Å². The number of para-hydroxylation sites is 1. The Bertz CT molecular complexity index is 1940. The summed E-state index contributed by atoms with van der Waals surface area (Å²) in [5.41, 5.74) is 7.99. The highest BCUT2D eigenvalue weighted by Gasteiger charge is 2.25. The number of hydrogen-bond donors (Lipinski definition) is 2. The highest BCUT2D eigenvalue weighted by Crippen LogP contribution is 2.26. The molecule has 0 radical (unpaired) electrons. The van der Waals surface area contributed by atoms with Crippen LogP contribution in [0.2, 0.25) is 0 Å². The maximum atomic E-state index is 14.1. The van der Waals surface area contributed by atoms with E-state index in [4.69, 9.17) is 10.7 Å². The third-order valence-electron chi connectivity index (χ3n) is 6.28. The van der Waals surface area contributed by atoms with Gasteiger partial charge in [0.15, 0.2) is 11.6 Å². The number of anilines is 1. The van der Waals surface area contributed by atoms with Crippen LogP contribution in [0.5, 0.6) is 0 Å². The molecule has 2 aromatic carbocycles. The van der Waals surface area contributed by atoms with E-state index in [2.05, 4.69) is 38.8 Å². The topological polar surface area (TPSA) is 138 Å². The summed E-state index contributed by atoms with van der Waals surface area (Å²) in [6.45, 7) is 5.36. The van der Waals surface area contributed by atoms with Crippen molar-refractivity contribution >= 4 is 34.7 Å². The number of hydrogen-bond acceptors (Lipinski definition) is 7. The molecular formula is C30H27N9O2. The monoisotopic (exact) mass is 545 g/mol. The minimum Gasteiger partial charge on any atom is -0.381 e. The standard InChI is InChI=1S/C30H27N9O2/c1-5-16-32-28-25(26(31)36-38(28)4)29(40)34-19(2)27-35-23-13-9-10-20(14-15-21-17-37(3)18-33-21)24(23)30(41)39(27)22-11-7-6-8-12-22/h5-13,16-19H,1H2,2-4H3,(H2,31,36)(H,34,40)/b32-16-. The first-order valence-electron chi connectivity index (χ1n) is 12.7. The number of fused-ring (bicyclic) bond motifs is 1. The summed E-state index contributed by atoms with van der Waals surface area (Å²) in [6.07, 6.45) is 6.39. The lowest BCUT2D eigenvalue weighted by Gasteiger charge is -2.20. The quantitative estimate of drug-likeness (QED) is 0.248. The van der Waals surface area contributed by atoms with Crippen molar-refractivity contribution in [1.29, 1.82) is 0 Å². The second-order valence-corrected chi connectivity index (χ2v) is 9.24. The summed E-state index contributed by atoms with van der Waals surface area (Å²) in [5, 5.41) is 7.41. The van der Waals surface area contributed by atoms with E-state index in [0.717, 1.165) is 0 Å². The van der Waals surface area contributed by atoms with E-state index in [1.807, 2.05) is 25.2 Å². The van der Waals surface area contributed by atoms with Crippen molar-refractivity contribution in [2.45, 2.75) is 13.0 Å². The number of carbonyl (C=O) groups is 1. The lowest BCUT2D eigenvalue weighted by molar-refractivity contribution is 0.0939. The molecule has 0 saturated carbocycles. The van der Waals surface area contributed by atoms with Crippen LogP contribution in [0, 0.1) is 11.8 Å². The Hall–Kier alpha value is -5.76. The minimum absolute atomic E-state index is 0.0245. The van der Waals surface area contributed by atoms with E-state index in [9.17, 15) is 9.59 Å². The molecule has 1 amide bonds. The van der Waals surface area contributed by atoms with Crippen molar-refractivity contribution < 1.29 is 4.79 Å². The number of rotatable bonds is 6. The summed E-state index contributed by atoms with van der Waals surface area (Å²) in [5.74, 6) is 6.21. The van der Waals surface area contributed by atoms with Crippen molar-refractivity contribution in [3.8, 4) is 17.5 Å². The Balaban J connectivity index is 1.63. The number of carbonyl (C=O) groups excluding carboxylic acids is 1. The van der Waals surface area contributed by atoms with Crippen molar-refractivity contribution in [3.05, 3.63) is 107 Å². The number of aliphatic imine (C=N–C) groups is 1. The van der Waals surface area contributed by atoms with Gasteiger partial charge < -0.3 is 15.6 Å². The van der Waals surface area contributed by atoms with E-state index in [-0.39, 0.29) is 22.8 Å². The first-order valence-corrected chi connectivity index (χ1v) is 12.7. The molecular weight excluding hydrogens is 518 g/mol. The molecule has 5 rings (SSSR count). The summed E-state index contributed by atoms with van der Waals surface area (Å²) >= 11 is 0. The van der Waals surface area contributed by atoms with Crippen LogP contribution in [-0.2, 0) is 14.1 Å². The van der Waals surface area contributed by atoms with Gasteiger partial charge in [0.1, 0.15) is 17.1 Å². The second kappa shape index (κ2) is 11.2. The summed E-state index contributed by atoms with van der Waals surface area (Å²) < 4.78 is 4.70. The molecule has 204 valence electrons. The summed E-state index contributed by atoms with van der Waals surface area (Å²) in [6, 6.07) is 13.7. The fraction of sp³-hybridized carbons (Fsp3) is 0.133. The normalized spacial score (nSPS) is 11.8. The zero-order valence-corrected chi connectivity index (χ0v) is 22.7. The van der Waals surface area contributed by atoms with Crippen LogP contribution < -0.4 is 16.6 Å². The SMILES string of the molecule is C=C/C=N\c1c(C(=O)NC(C)c2nc3cccc(C#Cc4cn(C)cn4)c3c(=O)n2-c2ccccc2)c(N)nn1C. The van der Waals surface area contributed by atoms with Gasteiger partial charge in [-0.15, -0.1) is 0 Å². The third-order valence-corrected chi connectivity index (χ3v) is 6.28. The van der Waals surface area contributed by atoms with E-state index < -0.39 is 11.9 Å². The van der Waals surface area contributed by atoms with Gasteiger partial charge in [0.05, 0.1) is 29.0 Å². The molecule has 0 saturated heterocycles. The third kappa shape index (κ3) is 5.26. The van der Waals surface area contributed by atoms with Gasteiger partial charge in [0, 0.05) is 32.1 Å². The second-order valence-electron chi connectivity index (χ2n) is 9.24. The number of aromatic nitrogens is 6. The van der Waals surface area contributed by atoms with Gasteiger partial charge in [0.2, 0.25) is 0 Å². The zero-order valence-electron chi connectivity index (χ0n) is 22.7. The molecule has 0 aliphatic heterocycles. The fourth-order valence-corrected chi connectivity index (χ4v) is 4.44. The molecule has 41 heavy (non-hydrogen) atoms. The van der Waals surface area contributed by atoms with Crippen LogP contribution in [0.1, 0.15) is 40.4 Å². The Morgan fingerprint density at radius 2 is 1.93 bits per heavy atom. The predicted molar refractivity (Wildman–Crippen MR) is 158 cm³/mol. The Kier molecular flexibility index (Phi) is 7.30. The molecule has 1 atom stereocenters. The van der Waals surface area contributed by atoms with Gasteiger partial charge in [-0.05, 0) is 37.1 Å². The van der Waals surface area contributed by atoms with Gasteiger partial charge in [-0.2, -0.15) is 5.10 Å². The van der Waals surface area contributed by atoms with Gasteiger partial charge in [-0.3, -0.25) is 14.2 Å². The van der Waals surface area contributed by atoms with Crippen LogP contribution in [-0.4, -0.2) is 41.0 Å². The molecule has 11 nitrogen and oxygen atoms in total. The lowest BCUT2D eigenvalue weighted by atomic mass is 10.1. The molecule has 0 aliphatic carbocycles. The van der Waals surface area contributed by atoms with Gasteiger partial charge in [-0.1, -0.05) is 42.8 Å². The highest BCUT2D eigenvalue weighted by molar-refractivity contribution is 6.03. The van der Waals surface area contributed by atoms with Crippen molar-refractivity contribution in [2.75, 3.05) is 5.73 Å². The number of nitrogen functional groups attached to an aromatic ring is 1. The zero-order chi connectivity index (χ0) is 29.1. The van der Waals surface area contributed by atoms with E-state index >= 15 is 0 Å². The number of nitrogens with zero attached hydrogens (tertiary/aromatic N) is 7. The highest BCUT2D eigenvalue weighted by atomic mass is 16.2. The maximum absolute atomic E-state index is 14.1. The molecule has 5 aromatic rings. The Labute approximate surface area is 235 Å². The largest absolute Gasteiger partial charge is 0.381 e. The Morgan fingerprint density at radius 3 is 2.63 bits per heavy atom. The first-order chi connectivity index (χ1) is 19.8. The Morgan fingerprint density at radius 1 is 1.15 bits per heavy atom. The molecule has 1 unspecified atom stereocenters. The number of allylic oxidation sites excluding steroid dienone is 1. The van der Waals surface area contributed by atoms with E-state index in [0.29, 0.717) is 33.7 Å². The number of imidazole rings is 1. The van der Waals surface area contributed by atoms with Gasteiger partial charge >= 0.3 is 0 Å². The molecule has 0 fully saturated rings. The van der Waals surface area contributed by atoms with Gasteiger partial charge in [-0.25, -0.2) is 19.6 Å². The number of aryl methyl sites for hydroxylation is 2. The molecule has 11 heteroatoms. The first kappa shape index (κ1) is 26.8. The predicted octanol–water partition coefficient (Wildman–Crippen LogP) is 3.21. The smallest absolute Gasteiger partial charge is 0.267 e. The molecule has 3 N–H and O–H groups in total. The number of nitrogens with two attached hydrogens (primary N) is 1. The van der Waals surface area contributed by atoms with Crippen LogP contribution in [0.4, 0.5) is 11.6 Å². The average molecular weight is 546 g/mol. The molecule has 0 bridgehead atoms. The minimum atomic E-state index is -0.709. The molecule has 3 heterocycles. The average Bonchev–Trinajstić information content (AvgIpc) is 3.51. The van der Waals surface area contributed by atoms with Gasteiger partial charge in [0.25, 0.3) is 11.5 Å². The number of amides is 1.